The van der Waals surface area contributed by atoms with Crippen molar-refractivity contribution in [2.45, 2.75) is 89.8 Å². The summed E-state index contributed by atoms with van der Waals surface area (Å²) in [6.45, 7) is 6.74. The topological polar surface area (TPSA) is 86.2 Å². The van der Waals surface area contributed by atoms with Crippen molar-refractivity contribution in [2.75, 3.05) is 30.8 Å². The first-order valence-corrected chi connectivity index (χ1v) is 13.2. The van der Waals surface area contributed by atoms with Crippen molar-refractivity contribution in [2.24, 2.45) is 5.92 Å². The molecular weight excluding hydrogens is 424 g/mol. The van der Waals surface area contributed by atoms with Crippen LogP contribution in [0.4, 0.5) is 11.8 Å². The zero-order chi connectivity index (χ0) is 23.9. The van der Waals surface area contributed by atoms with E-state index in [1.807, 2.05) is 12.4 Å². The lowest BCUT2D eigenvalue weighted by atomic mass is 9.91. The third-order valence-corrected chi connectivity index (χ3v) is 7.39. The Bertz CT molecular complexity index is 888. The second kappa shape index (κ2) is 11.9. The first kappa shape index (κ1) is 24.9. The Balaban J connectivity index is 1.50. The van der Waals surface area contributed by atoms with Gasteiger partial charge in [-0.15, -0.1) is 0 Å². The van der Waals surface area contributed by atoms with Gasteiger partial charge >= 0.3 is 0 Å². The average molecular weight is 467 g/mol. The molecule has 0 amide bonds. The molecule has 186 valence electrons. The number of aromatic nitrogens is 3. The lowest BCUT2D eigenvalue weighted by Gasteiger charge is -2.29. The zero-order valence-electron chi connectivity index (χ0n) is 21.1. The number of likely N-dealkylation sites (tertiary alicyclic amines) is 1. The number of aliphatic hydroxyl groups is 1. The van der Waals surface area contributed by atoms with Gasteiger partial charge in [0.15, 0.2) is 0 Å². The Kier molecular flexibility index (Phi) is 8.73. The Hall–Kier alpha value is -2.25. The molecule has 0 radical (unpaired) electrons. The highest BCUT2D eigenvalue weighted by Crippen LogP contribution is 2.30. The minimum Gasteiger partial charge on any atom is -0.393 e. The van der Waals surface area contributed by atoms with Crippen LogP contribution in [0.15, 0.2) is 24.5 Å². The maximum Gasteiger partial charge on any atom is 0.224 e. The molecule has 7 nitrogen and oxygen atoms in total. The van der Waals surface area contributed by atoms with Gasteiger partial charge in [0.2, 0.25) is 5.95 Å². The summed E-state index contributed by atoms with van der Waals surface area (Å²) in [6, 6.07) is 4.97. The lowest BCUT2D eigenvalue weighted by molar-refractivity contribution is 0.126. The van der Waals surface area contributed by atoms with Gasteiger partial charge in [-0.05, 0) is 96.0 Å². The molecule has 1 unspecified atom stereocenters. The predicted octanol–water partition coefficient (Wildman–Crippen LogP) is 4.74. The minimum atomic E-state index is -0.172. The summed E-state index contributed by atoms with van der Waals surface area (Å²) in [4.78, 5) is 16.7. The van der Waals surface area contributed by atoms with Gasteiger partial charge in [0.25, 0.3) is 0 Å². The molecule has 1 aliphatic carbocycles. The molecule has 0 bridgehead atoms. The highest BCUT2D eigenvalue weighted by molar-refractivity contribution is 5.73. The van der Waals surface area contributed by atoms with Crippen LogP contribution in [0.5, 0.6) is 0 Å². The summed E-state index contributed by atoms with van der Waals surface area (Å²) in [5.74, 6) is 2.24. The van der Waals surface area contributed by atoms with Gasteiger partial charge in [0.1, 0.15) is 5.82 Å². The smallest absolute Gasteiger partial charge is 0.224 e. The second-order valence-electron chi connectivity index (χ2n) is 10.4. The van der Waals surface area contributed by atoms with Crippen LogP contribution in [-0.4, -0.2) is 63.3 Å². The minimum absolute atomic E-state index is 0.172. The van der Waals surface area contributed by atoms with Crippen LogP contribution in [0.1, 0.15) is 70.8 Å². The Morgan fingerprint density at radius 3 is 2.50 bits per heavy atom. The molecule has 4 rings (SSSR count). The van der Waals surface area contributed by atoms with Crippen LogP contribution in [-0.2, 0) is 6.42 Å². The molecule has 7 heteroatoms. The maximum atomic E-state index is 9.90. The van der Waals surface area contributed by atoms with Gasteiger partial charge in [-0.1, -0.05) is 19.4 Å². The molecule has 1 saturated carbocycles. The van der Waals surface area contributed by atoms with Crippen molar-refractivity contribution in [3.05, 3.63) is 30.1 Å². The number of aliphatic hydroxyl groups excluding tert-OH is 1. The van der Waals surface area contributed by atoms with Crippen LogP contribution in [0.2, 0.25) is 0 Å². The molecular formula is C27H42N6O. The normalized spacial score (nSPS) is 22.9. The van der Waals surface area contributed by atoms with E-state index < -0.39 is 0 Å². The number of rotatable bonds is 9. The van der Waals surface area contributed by atoms with Crippen LogP contribution in [0.3, 0.4) is 0 Å². The predicted molar refractivity (Wildman–Crippen MR) is 139 cm³/mol. The van der Waals surface area contributed by atoms with E-state index in [-0.39, 0.29) is 6.10 Å². The molecule has 2 aromatic heterocycles. The quantitative estimate of drug-likeness (QED) is 0.492. The number of nitrogens with zero attached hydrogens (tertiary/aromatic N) is 4. The van der Waals surface area contributed by atoms with Gasteiger partial charge in [-0.2, -0.15) is 4.98 Å². The third-order valence-electron chi connectivity index (χ3n) is 7.39. The van der Waals surface area contributed by atoms with Crippen molar-refractivity contribution >= 4 is 11.8 Å². The molecule has 2 aromatic rings. The number of nitrogens with one attached hydrogen (secondary N) is 2. The largest absolute Gasteiger partial charge is 0.393 e. The first-order chi connectivity index (χ1) is 16.5. The van der Waals surface area contributed by atoms with Gasteiger partial charge < -0.3 is 20.6 Å². The Morgan fingerprint density at radius 2 is 1.82 bits per heavy atom. The van der Waals surface area contributed by atoms with Crippen LogP contribution in [0.25, 0.3) is 11.3 Å². The summed E-state index contributed by atoms with van der Waals surface area (Å²) < 4.78 is 0. The van der Waals surface area contributed by atoms with E-state index in [4.69, 9.17) is 9.97 Å². The highest BCUT2D eigenvalue weighted by Gasteiger charge is 2.22. The number of pyridine rings is 1. The molecule has 3 N–H and O–H groups in total. The molecule has 1 saturated heterocycles. The summed E-state index contributed by atoms with van der Waals surface area (Å²) in [5, 5.41) is 17.0. The van der Waals surface area contributed by atoms with Crippen molar-refractivity contribution < 1.29 is 5.11 Å². The molecule has 0 spiro atoms. The van der Waals surface area contributed by atoms with Crippen molar-refractivity contribution in [1.82, 2.24) is 19.9 Å². The number of piperidine rings is 1. The summed E-state index contributed by atoms with van der Waals surface area (Å²) in [7, 11) is 2.21. The van der Waals surface area contributed by atoms with E-state index in [9.17, 15) is 5.11 Å². The summed E-state index contributed by atoms with van der Waals surface area (Å²) >= 11 is 0. The molecule has 2 aliphatic rings. The van der Waals surface area contributed by atoms with Gasteiger partial charge in [-0.3, -0.25) is 4.98 Å². The molecule has 34 heavy (non-hydrogen) atoms. The van der Waals surface area contributed by atoms with E-state index in [0.717, 1.165) is 67.9 Å². The SMILES string of the molecule is CCCC(C)Nc1ncc(-c2ccc(CC3CCN(C)CC3)cn2)c(NC2CCC(O)CC2)n1. The number of hydrogen-bond donors (Lipinski definition) is 3. The van der Waals surface area contributed by atoms with Crippen LogP contribution in [0, 0.1) is 5.92 Å². The van der Waals surface area contributed by atoms with Crippen molar-refractivity contribution in [3.63, 3.8) is 0 Å². The van der Waals surface area contributed by atoms with Gasteiger partial charge in [-0.25, -0.2) is 4.98 Å². The third kappa shape index (κ3) is 6.89. The van der Waals surface area contributed by atoms with Crippen molar-refractivity contribution in [1.29, 1.82) is 0 Å². The fraction of sp³-hybridized carbons (Fsp3) is 0.667. The van der Waals surface area contributed by atoms with Crippen molar-refractivity contribution in [3.8, 4) is 11.3 Å². The first-order valence-electron chi connectivity index (χ1n) is 13.2. The van der Waals surface area contributed by atoms with E-state index >= 15 is 0 Å². The Morgan fingerprint density at radius 1 is 1.06 bits per heavy atom. The monoisotopic (exact) mass is 466 g/mol. The molecule has 0 aromatic carbocycles. The Labute approximate surface area is 204 Å². The van der Waals surface area contributed by atoms with Crippen LogP contribution < -0.4 is 10.6 Å². The summed E-state index contributed by atoms with van der Waals surface area (Å²) in [6.07, 6.45) is 13.1. The molecule has 2 fully saturated rings. The van der Waals surface area contributed by atoms with Crippen LogP contribution >= 0.6 is 0 Å². The highest BCUT2D eigenvalue weighted by atomic mass is 16.3. The zero-order valence-corrected chi connectivity index (χ0v) is 21.1. The van der Waals surface area contributed by atoms with E-state index in [1.165, 1.54) is 31.5 Å². The fourth-order valence-electron chi connectivity index (χ4n) is 5.19. The van der Waals surface area contributed by atoms with Gasteiger partial charge in [0.05, 0.1) is 17.4 Å². The standard InChI is InChI=1S/C27H42N6O/c1-4-5-19(2)30-27-29-18-24(26(32-27)31-22-7-9-23(34)10-8-22)25-11-6-21(17-28-25)16-20-12-14-33(3)15-13-20/h6,11,17-20,22-23,34H,4-5,7-10,12-16H2,1-3H3,(H2,29,30,31,32). The molecule has 3 heterocycles. The number of anilines is 2. The summed E-state index contributed by atoms with van der Waals surface area (Å²) in [5.41, 5.74) is 3.14. The lowest BCUT2D eigenvalue weighted by Crippen LogP contribution is -2.30. The average Bonchev–Trinajstić information content (AvgIpc) is 2.83. The van der Waals surface area contributed by atoms with Gasteiger partial charge in [0, 0.05) is 24.5 Å². The maximum absolute atomic E-state index is 9.90. The fourth-order valence-corrected chi connectivity index (χ4v) is 5.19. The number of hydrogen-bond acceptors (Lipinski definition) is 7. The molecule has 1 aliphatic heterocycles. The second-order valence-corrected chi connectivity index (χ2v) is 10.4. The molecule has 1 atom stereocenters. The van der Waals surface area contributed by atoms with E-state index in [2.05, 4.69) is 53.5 Å². The van der Waals surface area contributed by atoms with E-state index in [0.29, 0.717) is 18.0 Å². The van der Waals surface area contributed by atoms with E-state index in [1.54, 1.807) is 0 Å².